The molecule has 0 aromatic heterocycles. The highest BCUT2D eigenvalue weighted by atomic mass is 16.4. The Balaban J connectivity index is 2.49. The maximum absolute atomic E-state index is 10.7. The Kier molecular flexibility index (Phi) is 3.38. The van der Waals surface area contributed by atoms with Gasteiger partial charge < -0.3 is 10.5 Å². The van der Waals surface area contributed by atoms with E-state index >= 15 is 0 Å². The fourth-order valence-corrected chi connectivity index (χ4v) is 1.76. The van der Waals surface area contributed by atoms with E-state index in [1.807, 2.05) is 36.4 Å². The van der Waals surface area contributed by atoms with Crippen molar-refractivity contribution in [2.45, 2.75) is 0 Å². The molecule has 90 valence electrons. The van der Waals surface area contributed by atoms with Gasteiger partial charge in [-0.15, -0.1) is 0 Å². The maximum atomic E-state index is 10.7. The van der Waals surface area contributed by atoms with Crippen LogP contribution in [0.4, 0.5) is 10.5 Å². The summed E-state index contributed by atoms with van der Waals surface area (Å²) in [6, 6.07) is 14.6. The molecule has 0 saturated heterocycles. The van der Waals surface area contributed by atoms with Crippen LogP contribution in [0.25, 0.3) is 11.1 Å². The van der Waals surface area contributed by atoms with Crippen molar-refractivity contribution in [2.24, 2.45) is 0 Å². The van der Waals surface area contributed by atoms with Crippen LogP contribution in [0.5, 0.6) is 0 Å². The molecule has 2 aromatic carbocycles. The summed E-state index contributed by atoms with van der Waals surface area (Å²) in [7, 11) is 0. The largest absolute Gasteiger partial charge is 0.465 e. The van der Waals surface area contributed by atoms with Crippen molar-refractivity contribution in [1.82, 2.24) is 0 Å². The van der Waals surface area contributed by atoms with Gasteiger partial charge in [-0.2, -0.15) is 0 Å². The molecule has 2 rings (SSSR count). The molecule has 0 radical (unpaired) electrons. The van der Waals surface area contributed by atoms with Crippen LogP contribution in [0.2, 0.25) is 0 Å². The zero-order valence-corrected chi connectivity index (χ0v) is 9.55. The molecule has 2 aromatic rings. The minimum Gasteiger partial charge on any atom is -0.465 e. The Morgan fingerprint density at radius 1 is 1.17 bits per heavy atom. The highest BCUT2D eigenvalue weighted by Gasteiger charge is 2.06. The fraction of sp³-hybridized carbons (Fsp3) is 0. The van der Waals surface area contributed by atoms with Crippen LogP contribution in [-0.2, 0) is 0 Å². The van der Waals surface area contributed by atoms with Gasteiger partial charge >= 0.3 is 6.09 Å². The minimum atomic E-state index is -1.09. The summed E-state index contributed by atoms with van der Waals surface area (Å²) < 4.78 is 0. The summed E-state index contributed by atoms with van der Waals surface area (Å²) >= 11 is 0. The van der Waals surface area contributed by atoms with E-state index in [2.05, 4.69) is 5.32 Å². The Morgan fingerprint density at radius 2 is 1.94 bits per heavy atom. The molecule has 0 fully saturated rings. The molecule has 0 saturated carbocycles. The van der Waals surface area contributed by atoms with Gasteiger partial charge in [0.15, 0.2) is 0 Å². The van der Waals surface area contributed by atoms with E-state index in [9.17, 15) is 4.79 Å². The van der Waals surface area contributed by atoms with Crippen LogP contribution in [0.1, 0.15) is 5.56 Å². The monoisotopic (exact) mass is 240 g/mol. The van der Waals surface area contributed by atoms with Gasteiger partial charge in [-0.1, -0.05) is 36.4 Å². The van der Waals surface area contributed by atoms with Crippen LogP contribution in [-0.4, -0.2) is 17.4 Å². The van der Waals surface area contributed by atoms with Crippen molar-refractivity contribution >= 4 is 18.0 Å². The first-order valence-corrected chi connectivity index (χ1v) is 5.40. The number of amides is 1. The van der Waals surface area contributed by atoms with Gasteiger partial charge in [0.05, 0.1) is 5.69 Å². The number of anilines is 1. The van der Waals surface area contributed by atoms with Gasteiger partial charge in [0.1, 0.15) is 0 Å². The first-order valence-electron chi connectivity index (χ1n) is 5.40. The number of carbonyl (C=O) groups is 1. The molecule has 1 amide bonds. The average molecular weight is 240 g/mol. The van der Waals surface area contributed by atoms with Crippen LogP contribution in [0.15, 0.2) is 48.5 Å². The molecule has 18 heavy (non-hydrogen) atoms. The van der Waals surface area contributed by atoms with Crippen molar-refractivity contribution in [3.8, 4) is 11.1 Å². The lowest BCUT2D eigenvalue weighted by atomic mass is 10.0. The minimum absolute atomic E-state index is 0.534. The second-order valence-electron chi connectivity index (χ2n) is 3.75. The van der Waals surface area contributed by atoms with E-state index in [-0.39, 0.29) is 0 Å². The number of nitrogens with one attached hydrogen (secondary N) is 2. The van der Waals surface area contributed by atoms with Gasteiger partial charge in [-0.3, -0.25) is 5.32 Å². The molecule has 0 spiro atoms. The zero-order chi connectivity index (χ0) is 13.0. The van der Waals surface area contributed by atoms with Crippen molar-refractivity contribution < 1.29 is 9.90 Å². The predicted octanol–water partition coefficient (Wildman–Crippen LogP) is 3.44. The van der Waals surface area contributed by atoms with E-state index in [1.54, 1.807) is 12.1 Å². The van der Waals surface area contributed by atoms with E-state index < -0.39 is 6.09 Å². The molecule has 0 heterocycles. The molecule has 4 heteroatoms. The average Bonchev–Trinajstić information content (AvgIpc) is 2.39. The summed E-state index contributed by atoms with van der Waals surface area (Å²) in [5.74, 6) is 0. The number of hydrogen-bond acceptors (Lipinski definition) is 2. The Hall–Kier alpha value is -2.62. The molecule has 4 nitrogen and oxygen atoms in total. The van der Waals surface area contributed by atoms with E-state index in [4.69, 9.17) is 10.5 Å². The molecule has 0 aliphatic carbocycles. The summed E-state index contributed by atoms with van der Waals surface area (Å²) in [6.07, 6.45) is 0.169. The number of hydrogen-bond donors (Lipinski definition) is 3. The van der Waals surface area contributed by atoms with Crippen molar-refractivity contribution in [3.05, 3.63) is 54.1 Å². The number of carboxylic acid groups (broad SMARTS) is 1. The Bertz CT molecular complexity index is 594. The zero-order valence-electron chi connectivity index (χ0n) is 9.55. The topological polar surface area (TPSA) is 73.2 Å². The lowest BCUT2D eigenvalue weighted by Crippen LogP contribution is -2.08. The lowest BCUT2D eigenvalue weighted by molar-refractivity contribution is 0.210. The number of benzene rings is 2. The Morgan fingerprint density at radius 3 is 2.67 bits per heavy atom. The quantitative estimate of drug-likeness (QED) is 0.719. The molecule has 0 unspecified atom stereocenters. The van der Waals surface area contributed by atoms with Crippen molar-refractivity contribution in [3.63, 3.8) is 0 Å². The smallest absolute Gasteiger partial charge is 0.409 e. The fourth-order valence-electron chi connectivity index (χ4n) is 1.76. The second kappa shape index (κ2) is 5.14. The van der Waals surface area contributed by atoms with Crippen LogP contribution < -0.4 is 5.32 Å². The highest BCUT2D eigenvalue weighted by Crippen LogP contribution is 2.28. The molecule has 0 bridgehead atoms. The molecule has 0 aliphatic heterocycles. The third-order valence-electron chi connectivity index (χ3n) is 2.53. The SMILES string of the molecule is N=Cc1cccc(-c2ccccc2NC(=O)O)c1. The summed E-state index contributed by atoms with van der Waals surface area (Å²) in [6.45, 7) is 0. The molecule has 3 N–H and O–H groups in total. The van der Waals surface area contributed by atoms with Gasteiger partial charge in [-0.25, -0.2) is 4.79 Å². The second-order valence-corrected chi connectivity index (χ2v) is 3.75. The maximum Gasteiger partial charge on any atom is 0.409 e. The van der Waals surface area contributed by atoms with Crippen LogP contribution in [0, 0.1) is 5.41 Å². The van der Waals surface area contributed by atoms with E-state index in [1.165, 1.54) is 6.21 Å². The van der Waals surface area contributed by atoms with Crippen molar-refractivity contribution in [2.75, 3.05) is 5.32 Å². The van der Waals surface area contributed by atoms with Gasteiger partial charge in [-0.05, 0) is 23.3 Å². The highest BCUT2D eigenvalue weighted by molar-refractivity contribution is 5.91. The third-order valence-corrected chi connectivity index (χ3v) is 2.53. The summed E-state index contributed by atoms with van der Waals surface area (Å²) in [5.41, 5.74) is 2.98. The first kappa shape index (κ1) is 11.9. The van der Waals surface area contributed by atoms with Gasteiger partial charge in [0, 0.05) is 11.8 Å². The summed E-state index contributed by atoms with van der Waals surface area (Å²) in [4.78, 5) is 10.7. The van der Waals surface area contributed by atoms with E-state index in [0.29, 0.717) is 5.69 Å². The van der Waals surface area contributed by atoms with Gasteiger partial charge in [0.25, 0.3) is 0 Å². The standard InChI is InChI=1S/C14H12N2O2/c15-9-10-4-3-5-11(8-10)12-6-1-2-7-13(12)16-14(17)18/h1-9,15-16H,(H,17,18). The normalized spacial score (nSPS) is 9.78. The Labute approximate surface area is 104 Å². The number of para-hydroxylation sites is 1. The van der Waals surface area contributed by atoms with Crippen molar-refractivity contribution in [1.29, 1.82) is 5.41 Å². The lowest BCUT2D eigenvalue weighted by Gasteiger charge is -2.09. The molecular weight excluding hydrogens is 228 g/mol. The number of rotatable bonds is 3. The van der Waals surface area contributed by atoms with Crippen LogP contribution >= 0.6 is 0 Å². The summed E-state index contributed by atoms with van der Waals surface area (Å²) in [5, 5.41) is 18.4. The molecule has 0 aliphatic rings. The van der Waals surface area contributed by atoms with E-state index in [0.717, 1.165) is 16.7 Å². The first-order chi connectivity index (χ1) is 8.70. The van der Waals surface area contributed by atoms with Crippen LogP contribution in [0.3, 0.4) is 0 Å². The third kappa shape index (κ3) is 2.55. The molecular formula is C14H12N2O2. The van der Waals surface area contributed by atoms with Gasteiger partial charge in [0.2, 0.25) is 0 Å². The molecule has 0 atom stereocenters. The predicted molar refractivity (Wildman–Crippen MR) is 71.4 cm³/mol.